The van der Waals surface area contributed by atoms with Crippen molar-refractivity contribution < 1.29 is 4.79 Å². The molecule has 0 spiro atoms. The molecule has 0 radical (unpaired) electrons. The number of hydrogen-bond donors (Lipinski definition) is 1. The number of thiazole rings is 1. The number of nitrogens with zero attached hydrogens (tertiary/aromatic N) is 1. The molecule has 1 aromatic heterocycles. The Morgan fingerprint density at radius 3 is 2.53 bits per heavy atom. The number of aryl methyl sites for hydroxylation is 1. The molecule has 0 fully saturated rings. The van der Waals surface area contributed by atoms with Crippen molar-refractivity contribution in [3.05, 3.63) is 51.5 Å². The summed E-state index contributed by atoms with van der Waals surface area (Å²) in [5.41, 5.74) is 2.85. The lowest BCUT2D eigenvalue weighted by Gasteiger charge is -2.07. The van der Waals surface area contributed by atoms with Crippen LogP contribution >= 0.6 is 11.3 Å². The van der Waals surface area contributed by atoms with Gasteiger partial charge in [0.1, 0.15) is 0 Å². The predicted molar refractivity (Wildman–Crippen MR) is 78.6 cm³/mol. The van der Waals surface area contributed by atoms with Crippen LogP contribution < -0.4 is 5.32 Å². The summed E-state index contributed by atoms with van der Waals surface area (Å²) < 4.78 is 0. The normalized spacial score (nSPS) is 10.7. The molecular weight excluding hydrogens is 256 g/mol. The molecule has 0 unspecified atom stereocenters. The van der Waals surface area contributed by atoms with Gasteiger partial charge in [-0.2, -0.15) is 0 Å². The number of hydrogen-bond acceptors (Lipinski definition) is 3. The summed E-state index contributed by atoms with van der Waals surface area (Å²) >= 11 is 1.59. The predicted octanol–water partition coefficient (Wildman–Crippen LogP) is 3.50. The van der Waals surface area contributed by atoms with E-state index in [1.807, 2.05) is 36.6 Å². The molecule has 1 amide bonds. The Balaban J connectivity index is 1.96. The molecule has 3 nitrogen and oxygen atoms in total. The van der Waals surface area contributed by atoms with E-state index < -0.39 is 0 Å². The van der Waals surface area contributed by atoms with E-state index in [-0.39, 0.29) is 5.91 Å². The molecule has 0 saturated carbocycles. The standard InChI is InChI=1S/C15H18N2OS/c1-10(2)12-4-6-13(7-5-12)15(18)16-8-14-9-19-11(3)17-14/h4-7,9-10H,8H2,1-3H3,(H,16,18). The van der Waals surface area contributed by atoms with Gasteiger partial charge >= 0.3 is 0 Å². The molecular formula is C15H18N2OS. The van der Waals surface area contributed by atoms with Gasteiger partial charge in [-0.05, 0) is 30.5 Å². The van der Waals surface area contributed by atoms with Gasteiger partial charge in [-0.3, -0.25) is 4.79 Å². The molecule has 1 aromatic carbocycles. The Hall–Kier alpha value is -1.68. The quantitative estimate of drug-likeness (QED) is 0.927. The zero-order chi connectivity index (χ0) is 13.8. The van der Waals surface area contributed by atoms with Crippen molar-refractivity contribution in [2.24, 2.45) is 0 Å². The van der Waals surface area contributed by atoms with Crippen molar-refractivity contribution >= 4 is 17.2 Å². The number of aromatic nitrogens is 1. The second kappa shape index (κ2) is 5.97. The monoisotopic (exact) mass is 274 g/mol. The van der Waals surface area contributed by atoms with Crippen LogP contribution in [0.5, 0.6) is 0 Å². The Labute approximate surface area is 117 Å². The Kier molecular flexibility index (Phi) is 4.32. The number of rotatable bonds is 4. The summed E-state index contributed by atoms with van der Waals surface area (Å²) in [4.78, 5) is 16.3. The molecule has 0 aliphatic rings. The molecule has 0 aliphatic heterocycles. The first kappa shape index (κ1) is 13.7. The fourth-order valence-electron chi connectivity index (χ4n) is 1.78. The Morgan fingerprint density at radius 1 is 1.32 bits per heavy atom. The maximum Gasteiger partial charge on any atom is 0.251 e. The van der Waals surface area contributed by atoms with E-state index in [0.717, 1.165) is 10.7 Å². The zero-order valence-electron chi connectivity index (χ0n) is 11.4. The van der Waals surface area contributed by atoms with E-state index in [9.17, 15) is 4.79 Å². The molecule has 19 heavy (non-hydrogen) atoms. The molecule has 1 heterocycles. The minimum absolute atomic E-state index is 0.0547. The number of carbonyl (C=O) groups is 1. The zero-order valence-corrected chi connectivity index (χ0v) is 12.3. The molecule has 0 saturated heterocycles. The number of amides is 1. The van der Waals surface area contributed by atoms with Gasteiger partial charge in [-0.15, -0.1) is 11.3 Å². The SMILES string of the molecule is Cc1nc(CNC(=O)c2ccc(C(C)C)cc2)cs1. The van der Waals surface area contributed by atoms with Gasteiger partial charge in [-0.25, -0.2) is 4.98 Å². The van der Waals surface area contributed by atoms with Gasteiger partial charge in [0.15, 0.2) is 0 Å². The van der Waals surface area contributed by atoms with Gasteiger partial charge in [0.05, 0.1) is 17.2 Å². The number of nitrogens with one attached hydrogen (secondary N) is 1. The second-order valence-corrected chi connectivity index (χ2v) is 5.88. The van der Waals surface area contributed by atoms with E-state index in [1.54, 1.807) is 11.3 Å². The maximum atomic E-state index is 12.0. The van der Waals surface area contributed by atoms with Crippen LogP contribution in [0.4, 0.5) is 0 Å². The lowest BCUT2D eigenvalue weighted by molar-refractivity contribution is 0.0950. The Bertz CT molecular complexity index is 558. The van der Waals surface area contributed by atoms with Gasteiger partial charge in [0.25, 0.3) is 5.91 Å². The third-order valence-corrected chi connectivity index (χ3v) is 3.76. The largest absolute Gasteiger partial charge is 0.346 e. The first-order chi connectivity index (χ1) is 9.06. The summed E-state index contributed by atoms with van der Waals surface area (Å²) in [7, 11) is 0. The van der Waals surface area contributed by atoms with E-state index in [4.69, 9.17) is 0 Å². The highest BCUT2D eigenvalue weighted by molar-refractivity contribution is 7.09. The molecule has 0 aliphatic carbocycles. The minimum Gasteiger partial charge on any atom is -0.346 e. The van der Waals surface area contributed by atoms with Crippen molar-refractivity contribution in [1.29, 1.82) is 0 Å². The molecule has 0 bridgehead atoms. The third-order valence-electron chi connectivity index (χ3n) is 2.94. The van der Waals surface area contributed by atoms with E-state index in [1.165, 1.54) is 5.56 Å². The van der Waals surface area contributed by atoms with Crippen LogP contribution in [0.1, 0.15) is 46.4 Å². The van der Waals surface area contributed by atoms with Crippen molar-refractivity contribution in [2.45, 2.75) is 33.2 Å². The second-order valence-electron chi connectivity index (χ2n) is 4.82. The van der Waals surface area contributed by atoms with Crippen molar-refractivity contribution in [3.8, 4) is 0 Å². The first-order valence-electron chi connectivity index (χ1n) is 6.35. The molecule has 2 aromatic rings. The molecule has 100 valence electrons. The Morgan fingerprint density at radius 2 is 2.00 bits per heavy atom. The lowest BCUT2D eigenvalue weighted by atomic mass is 10.0. The van der Waals surface area contributed by atoms with Crippen LogP contribution in [0.2, 0.25) is 0 Å². The summed E-state index contributed by atoms with van der Waals surface area (Å²) in [6, 6.07) is 7.76. The van der Waals surface area contributed by atoms with Crippen LogP contribution in [0, 0.1) is 6.92 Å². The van der Waals surface area contributed by atoms with E-state index in [0.29, 0.717) is 18.0 Å². The van der Waals surface area contributed by atoms with Crippen molar-refractivity contribution in [2.75, 3.05) is 0 Å². The van der Waals surface area contributed by atoms with Crippen LogP contribution in [0.25, 0.3) is 0 Å². The molecule has 2 rings (SSSR count). The van der Waals surface area contributed by atoms with E-state index >= 15 is 0 Å². The van der Waals surface area contributed by atoms with Gasteiger partial charge < -0.3 is 5.32 Å². The molecule has 0 atom stereocenters. The van der Waals surface area contributed by atoms with Crippen LogP contribution in [-0.4, -0.2) is 10.9 Å². The van der Waals surface area contributed by atoms with Gasteiger partial charge in [0, 0.05) is 10.9 Å². The topological polar surface area (TPSA) is 42.0 Å². The van der Waals surface area contributed by atoms with Crippen LogP contribution in [-0.2, 0) is 6.54 Å². The molecule has 4 heteroatoms. The highest BCUT2D eigenvalue weighted by Crippen LogP contribution is 2.14. The van der Waals surface area contributed by atoms with Crippen LogP contribution in [0.15, 0.2) is 29.6 Å². The highest BCUT2D eigenvalue weighted by atomic mass is 32.1. The smallest absolute Gasteiger partial charge is 0.251 e. The summed E-state index contributed by atoms with van der Waals surface area (Å²) in [6.45, 7) is 6.72. The summed E-state index contributed by atoms with van der Waals surface area (Å²) in [6.07, 6.45) is 0. The fourth-order valence-corrected chi connectivity index (χ4v) is 2.39. The third kappa shape index (κ3) is 3.64. The average molecular weight is 274 g/mol. The van der Waals surface area contributed by atoms with Gasteiger partial charge in [0.2, 0.25) is 0 Å². The number of benzene rings is 1. The van der Waals surface area contributed by atoms with Gasteiger partial charge in [-0.1, -0.05) is 26.0 Å². The minimum atomic E-state index is -0.0547. The summed E-state index contributed by atoms with van der Waals surface area (Å²) in [5.74, 6) is 0.427. The first-order valence-corrected chi connectivity index (χ1v) is 7.23. The van der Waals surface area contributed by atoms with Crippen LogP contribution in [0.3, 0.4) is 0 Å². The van der Waals surface area contributed by atoms with Crippen molar-refractivity contribution in [3.63, 3.8) is 0 Å². The highest BCUT2D eigenvalue weighted by Gasteiger charge is 2.07. The van der Waals surface area contributed by atoms with E-state index in [2.05, 4.69) is 24.1 Å². The lowest BCUT2D eigenvalue weighted by Crippen LogP contribution is -2.22. The maximum absolute atomic E-state index is 12.0. The number of carbonyl (C=O) groups excluding carboxylic acids is 1. The van der Waals surface area contributed by atoms with Crippen molar-refractivity contribution in [1.82, 2.24) is 10.3 Å². The molecule has 1 N–H and O–H groups in total. The summed E-state index contributed by atoms with van der Waals surface area (Å²) in [5, 5.41) is 5.87. The average Bonchev–Trinajstić information content (AvgIpc) is 2.82. The fraction of sp³-hybridized carbons (Fsp3) is 0.333.